The molecule has 0 radical (unpaired) electrons. The molecule has 4 nitrogen and oxygen atoms in total. The third-order valence-electron chi connectivity index (χ3n) is 3.41. The largest absolute Gasteiger partial charge is 0.508 e. The molecule has 1 aromatic carbocycles. The summed E-state index contributed by atoms with van der Waals surface area (Å²) >= 11 is 0. The van der Waals surface area contributed by atoms with Crippen molar-refractivity contribution in [3.05, 3.63) is 36.4 Å². The van der Waals surface area contributed by atoms with Crippen molar-refractivity contribution in [2.24, 2.45) is 0 Å². The number of benzene rings is 1. The van der Waals surface area contributed by atoms with Crippen molar-refractivity contribution in [2.75, 3.05) is 4.90 Å². The Kier molecular flexibility index (Phi) is 2.11. The molecule has 88 valence electrons. The van der Waals surface area contributed by atoms with Gasteiger partial charge in [-0.05, 0) is 42.7 Å². The van der Waals surface area contributed by atoms with Gasteiger partial charge in [0.2, 0.25) is 0 Å². The van der Waals surface area contributed by atoms with Gasteiger partial charge in [0.25, 0.3) is 0 Å². The second-order valence-corrected chi connectivity index (χ2v) is 4.37. The number of amides is 1. The molecular weight excluding hydrogens is 218 g/mol. The van der Waals surface area contributed by atoms with Crippen molar-refractivity contribution >= 4 is 11.8 Å². The zero-order valence-corrected chi connectivity index (χ0v) is 9.30. The summed E-state index contributed by atoms with van der Waals surface area (Å²) in [6.07, 6.45) is 2.79. The summed E-state index contributed by atoms with van der Waals surface area (Å²) in [6, 6.07) is 5.11. The molecule has 1 saturated heterocycles. The molecule has 0 saturated carbocycles. The van der Waals surface area contributed by atoms with Crippen LogP contribution in [0.15, 0.2) is 30.9 Å². The highest BCUT2D eigenvalue weighted by atomic mass is 16.6. The lowest BCUT2D eigenvalue weighted by Gasteiger charge is -2.30. The number of anilines is 1. The van der Waals surface area contributed by atoms with E-state index in [2.05, 4.69) is 6.58 Å². The van der Waals surface area contributed by atoms with Crippen LogP contribution in [0.2, 0.25) is 0 Å². The van der Waals surface area contributed by atoms with E-state index < -0.39 is 0 Å². The zero-order valence-electron chi connectivity index (χ0n) is 9.30. The van der Waals surface area contributed by atoms with Gasteiger partial charge < -0.3 is 9.84 Å². The fourth-order valence-corrected chi connectivity index (χ4v) is 2.62. The first-order valence-corrected chi connectivity index (χ1v) is 5.65. The maximum absolute atomic E-state index is 11.8. The maximum Gasteiger partial charge on any atom is 0.415 e. The van der Waals surface area contributed by atoms with Crippen LogP contribution in [0.5, 0.6) is 5.75 Å². The van der Waals surface area contributed by atoms with Crippen molar-refractivity contribution < 1.29 is 14.6 Å². The van der Waals surface area contributed by atoms with E-state index in [0.717, 1.165) is 24.1 Å². The monoisotopic (exact) mass is 231 g/mol. The average Bonchev–Trinajstić information content (AvgIpc) is 2.66. The van der Waals surface area contributed by atoms with Crippen LogP contribution in [0.3, 0.4) is 0 Å². The van der Waals surface area contributed by atoms with Gasteiger partial charge in [0.05, 0.1) is 11.7 Å². The standard InChI is InChI=1S/C13H13NO3/c1-2-12-11-5-3-8-7-9(15)4-6-10(8)14(11)13(16)17-12/h2,4,6-7,11-12,15H,1,3,5H2/t11-,12-/m0/s1. The fourth-order valence-electron chi connectivity index (χ4n) is 2.62. The van der Waals surface area contributed by atoms with Crippen molar-refractivity contribution in [1.29, 1.82) is 0 Å². The molecule has 1 amide bonds. The lowest BCUT2D eigenvalue weighted by atomic mass is 9.93. The van der Waals surface area contributed by atoms with Crippen LogP contribution in [0.1, 0.15) is 12.0 Å². The van der Waals surface area contributed by atoms with Gasteiger partial charge in [-0.25, -0.2) is 4.79 Å². The van der Waals surface area contributed by atoms with Gasteiger partial charge >= 0.3 is 6.09 Å². The Morgan fingerprint density at radius 2 is 2.35 bits per heavy atom. The molecular formula is C13H13NO3. The molecule has 2 heterocycles. The lowest BCUT2D eigenvalue weighted by molar-refractivity contribution is 0.153. The fraction of sp³-hybridized carbons (Fsp3) is 0.308. The Hall–Kier alpha value is -1.97. The van der Waals surface area contributed by atoms with Gasteiger partial charge in [-0.3, -0.25) is 4.90 Å². The molecule has 1 N–H and O–H groups in total. The number of carbonyl (C=O) groups is 1. The first kappa shape index (κ1) is 10.2. The van der Waals surface area contributed by atoms with Gasteiger partial charge in [0.1, 0.15) is 11.9 Å². The molecule has 2 aliphatic rings. The van der Waals surface area contributed by atoms with E-state index in [4.69, 9.17) is 4.74 Å². The number of aryl methyl sites for hydroxylation is 1. The van der Waals surface area contributed by atoms with Crippen LogP contribution >= 0.6 is 0 Å². The SMILES string of the molecule is C=C[C@@H]1OC(=O)N2c3ccc(O)cc3CC[C@@H]12. The smallest absolute Gasteiger partial charge is 0.415 e. The molecule has 0 aliphatic carbocycles. The molecule has 3 rings (SSSR count). The first-order chi connectivity index (χ1) is 8.20. The summed E-state index contributed by atoms with van der Waals surface area (Å²) in [5.41, 5.74) is 1.83. The van der Waals surface area contributed by atoms with Crippen molar-refractivity contribution in [1.82, 2.24) is 0 Å². The predicted molar refractivity (Wildman–Crippen MR) is 63.2 cm³/mol. The Labute approximate surface area is 99.1 Å². The molecule has 1 aromatic rings. The minimum absolute atomic E-state index is 0.0389. The van der Waals surface area contributed by atoms with Gasteiger partial charge in [0.15, 0.2) is 0 Å². The summed E-state index contributed by atoms with van der Waals surface area (Å²) in [4.78, 5) is 13.5. The number of fused-ring (bicyclic) bond motifs is 3. The summed E-state index contributed by atoms with van der Waals surface area (Å²) in [6.45, 7) is 3.69. The third kappa shape index (κ3) is 1.40. The summed E-state index contributed by atoms with van der Waals surface area (Å²) in [5, 5.41) is 9.44. The number of nitrogens with zero attached hydrogens (tertiary/aromatic N) is 1. The second kappa shape index (κ2) is 3.52. The van der Waals surface area contributed by atoms with E-state index in [0.29, 0.717) is 0 Å². The van der Waals surface area contributed by atoms with Crippen LogP contribution in [-0.2, 0) is 11.2 Å². The number of aromatic hydroxyl groups is 1. The highest BCUT2D eigenvalue weighted by Gasteiger charge is 2.43. The minimum Gasteiger partial charge on any atom is -0.508 e. The third-order valence-corrected chi connectivity index (χ3v) is 3.41. The quantitative estimate of drug-likeness (QED) is 0.754. The number of hydrogen-bond acceptors (Lipinski definition) is 3. The van der Waals surface area contributed by atoms with Crippen LogP contribution in [0, 0.1) is 0 Å². The molecule has 1 fully saturated rings. The Morgan fingerprint density at radius 3 is 3.12 bits per heavy atom. The molecule has 2 atom stereocenters. The van der Waals surface area contributed by atoms with Crippen LogP contribution in [0.4, 0.5) is 10.5 Å². The highest BCUT2D eigenvalue weighted by molar-refractivity contribution is 5.92. The Morgan fingerprint density at radius 1 is 1.53 bits per heavy atom. The predicted octanol–water partition coefficient (Wildman–Crippen LogP) is 2.22. The van der Waals surface area contributed by atoms with E-state index in [-0.39, 0.29) is 24.0 Å². The summed E-state index contributed by atoms with van der Waals surface area (Å²) < 4.78 is 5.25. The van der Waals surface area contributed by atoms with E-state index in [1.54, 1.807) is 29.2 Å². The number of hydrogen-bond donors (Lipinski definition) is 1. The van der Waals surface area contributed by atoms with Gasteiger partial charge in [0, 0.05) is 0 Å². The molecule has 4 heteroatoms. The number of phenolic OH excluding ortho intramolecular Hbond substituents is 1. The van der Waals surface area contributed by atoms with Gasteiger partial charge in [-0.2, -0.15) is 0 Å². The number of ether oxygens (including phenoxy) is 1. The Bertz CT molecular complexity index is 497. The van der Waals surface area contributed by atoms with Gasteiger partial charge in [-0.1, -0.05) is 6.58 Å². The normalized spacial score (nSPS) is 26.1. The zero-order chi connectivity index (χ0) is 12.0. The number of rotatable bonds is 1. The van der Waals surface area contributed by atoms with Crippen LogP contribution < -0.4 is 4.90 Å². The maximum atomic E-state index is 11.8. The van der Waals surface area contributed by atoms with Crippen molar-refractivity contribution in [3.63, 3.8) is 0 Å². The number of cyclic esters (lactones) is 1. The van der Waals surface area contributed by atoms with Gasteiger partial charge in [-0.15, -0.1) is 0 Å². The molecule has 0 bridgehead atoms. The molecule has 2 aliphatic heterocycles. The Balaban J connectivity index is 2.06. The molecule has 17 heavy (non-hydrogen) atoms. The molecule has 0 spiro atoms. The number of carbonyl (C=O) groups excluding carboxylic acids is 1. The minimum atomic E-state index is -0.327. The van der Waals surface area contributed by atoms with Crippen molar-refractivity contribution in [3.8, 4) is 5.75 Å². The molecule has 0 aromatic heterocycles. The number of phenols is 1. The lowest BCUT2D eigenvalue weighted by Crippen LogP contribution is -2.39. The van der Waals surface area contributed by atoms with E-state index in [1.807, 2.05) is 0 Å². The van der Waals surface area contributed by atoms with Crippen LogP contribution in [0.25, 0.3) is 0 Å². The van der Waals surface area contributed by atoms with E-state index >= 15 is 0 Å². The summed E-state index contributed by atoms with van der Waals surface area (Å²) in [5.74, 6) is 0.232. The average molecular weight is 231 g/mol. The van der Waals surface area contributed by atoms with E-state index in [9.17, 15) is 9.90 Å². The molecule has 0 unspecified atom stereocenters. The topological polar surface area (TPSA) is 49.8 Å². The first-order valence-electron chi connectivity index (χ1n) is 5.65. The van der Waals surface area contributed by atoms with Crippen LogP contribution in [-0.4, -0.2) is 23.3 Å². The summed E-state index contributed by atoms with van der Waals surface area (Å²) in [7, 11) is 0. The van der Waals surface area contributed by atoms with E-state index in [1.165, 1.54) is 0 Å². The second-order valence-electron chi connectivity index (χ2n) is 4.37. The van der Waals surface area contributed by atoms with Crippen molar-refractivity contribution in [2.45, 2.75) is 25.0 Å². The highest BCUT2D eigenvalue weighted by Crippen LogP contribution is 2.38.